The Balaban J connectivity index is 1.61. The molecule has 16 nitrogen and oxygen atoms in total. The summed E-state index contributed by atoms with van der Waals surface area (Å²) in [6.45, 7) is -1.15. The van der Waals surface area contributed by atoms with Gasteiger partial charge in [-0.05, 0) is 18.2 Å². The lowest BCUT2D eigenvalue weighted by atomic mass is 9.99. The molecule has 5 rings (SSSR count). The van der Waals surface area contributed by atoms with Gasteiger partial charge in [-0.2, -0.15) is 0 Å². The number of phenolic OH excluding ortho intramolecular Hbond substituents is 3. The summed E-state index contributed by atoms with van der Waals surface area (Å²) < 4.78 is 27.5. The van der Waals surface area contributed by atoms with E-state index in [4.69, 9.17) is 23.4 Å². The molecule has 0 radical (unpaired) electrons. The fourth-order valence-corrected chi connectivity index (χ4v) is 4.59. The van der Waals surface area contributed by atoms with Crippen molar-refractivity contribution in [3.8, 4) is 40.1 Å². The summed E-state index contributed by atoms with van der Waals surface area (Å²) in [5, 5.41) is 100. The topological polar surface area (TPSA) is 269 Å². The van der Waals surface area contributed by atoms with Crippen molar-refractivity contribution in [3.63, 3.8) is 0 Å². The van der Waals surface area contributed by atoms with Gasteiger partial charge in [0.1, 0.15) is 65.2 Å². The molecule has 2 aromatic carbocycles. The van der Waals surface area contributed by atoms with E-state index >= 15 is 0 Å². The van der Waals surface area contributed by atoms with Crippen molar-refractivity contribution in [1.29, 1.82) is 0 Å². The molecule has 42 heavy (non-hydrogen) atoms. The minimum Gasteiger partial charge on any atom is -0.507 e. The number of aliphatic hydroxyl groups excluding tert-OH is 7. The zero-order valence-electron chi connectivity index (χ0n) is 21.4. The smallest absolute Gasteiger partial charge is 0.239 e. The maximum Gasteiger partial charge on any atom is 0.239 e. The fourth-order valence-electron chi connectivity index (χ4n) is 4.59. The Kier molecular flexibility index (Phi) is 8.17. The second kappa shape index (κ2) is 11.5. The zero-order chi connectivity index (χ0) is 30.5. The number of benzene rings is 2. The third-order valence-corrected chi connectivity index (χ3v) is 6.93. The van der Waals surface area contributed by atoms with E-state index in [1.807, 2.05) is 0 Å². The number of fused-ring (bicyclic) bond motifs is 1. The van der Waals surface area contributed by atoms with Crippen molar-refractivity contribution >= 4 is 11.0 Å². The lowest BCUT2D eigenvalue weighted by Gasteiger charge is -2.39. The molecular formula is C26H28O16. The highest BCUT2D eigenvalue weighted by Crippen LogP contribution is 2.40. The summed E-state index contributed by atoms with van der Waals surface area (Å²) in [5.41, 5.74) is -1.39. The largest absolute Gasteiger partial charge is 0.507 e. The molecule has 2 fully saturated rings. The molecule has 16 heteroatoms. The second-order valence-electron chi connectivity index (χ2n) is 9.79. The molecule has 10 N–H and O–H groups in total. The van der Waals surface area contributed by atoms with E-state index in [1.54, 1.807) is 0 Å². The van der Waals surface area contributed by atoms with Gasteiger partial charge in [0, 0.05) is 17.7 Å². The second-order valence-corrected chi connectivity index (χ2v) is 9.79. The van der Waals surface area contributed by atoms with Crippen LogP contribution in [0.3, 0.4) is 0 Å². The molecule has 0 aliphatic carbocycles. The van der Waals surface area contributed by atoms with E-state index < -0.39 is 101 Å². The lowest BCUT2D eigenvalue weighted by molar-refractivity contribution is -0.277. The predicted octanol–water partition coefficient (Wildman–Crippen LogP) is -2.43. The predicted molar refractivity (Wildman–Crippen MR) is 136 cm³/mol. The highest BCUT2D eigenvalue weighted by atomic mass is 16.7. The van der Waals surface area contributed by atoms with E-state index in [0.29, 0.717) is 0 Å². The van der Waals surface area contributed by atoms with Crippen molar-refractivity contribution in [2.75, 3.05) is 13.2 Å². The first-order chi connectivity index (χ1) is 19.9. The van der Waals surface area contributed by atoms with Gasteiger partial charge < -0.3 is 74.4 Å². The van der Waals surface area contributed by atoms with Gasteiger partial charge in [0.15, 0.2) is 17.3 Å². The molecule has 3 aromatic rings. The number of ether oxygens (including phenoxy) is 4. The van der Waals surface area contributed by atoms with Gasteiger partial charge in [-0.25, -0.2) is 0 Å². The van der Waals surface area contributed by atoms with Gasteiger partial charge in [-0.3, -0.25) is 4.79 Å². The fraction of sp³-hybridized carbons (Fsp3) is 0.423. The van der Waals surface area contributed by atoms with Crippen LogP contribution in [0.1, 0.15) is 0 Å². The third kappa shape index (κ3) is 5.31. The van der Waals surface area contributed by atoms with Crippen molar-refractivity contribution in [1.82, 2.24) is 0 Å². The van der Waals surface area contributed by atoms with Crippen LogP contribution in [0.2, 0.25) is 0 Å². The highest BCUT2D eigenvalue weighted by molar-refractivity contribution is 5.88. The van der Waals surface area contributed by atoms with Gasteiger partial charge in [0.25, 0.3) is 0 Å². The minimum absolute atomic E-state index is 0.0437. The van der Waals surface area contributed by atoms with E-state index in [0.717, 1.165) is 24.3 Å². The van der Waals surface area contributed by atoms with Crippen LogP contribution in [0.5, 0.6) is 28.7 Å². The standard InChI is InChI=1S/C26H28O16/c27-6-15-18(33)20(35)22(37)26(41-15)42-24-19(34)16-12(30)4-9(39-25-21(36)17(32)13(31)7-38-25)5-14(16)40-23(24)8-1-2-10(28)11(29)3-8/h1-5,13,15,17-18,20-22,25-33,35-37H,6-7H2/t13-,15+,17-,18+,20-,21+,22+,25-,26-/m0/s1. The van der Waals surface area contributed by atoms with Crippen LogP contribution >= 0.6 is 0 Å². The van der Waals surface area contributed by atoms with Crippen molar-refractivity contribution in [3.05, 3.63) is 40.6 Å². The van der Waals surface area contributed by atoms with Crippen LogP contribution < -0.4 is 14.9 Å². The molecule has 0 amide bonds. The maximum absolute atomic E-state index is 13.7. The van der Waals surface area contributed by atoms with Crippen LogP contribution in [-0.2, 0) is 9.47 Å². The Morgan fingerprint density at radius 2 is 1.50 bits per heavy atom. The van der Waals surface area contributed by atoms with E-state index in [9.17, 15) is 55.9 Å². The normalized spacial score (nSPS) is 31.6. The summed E-state index contributed by atoms with van der Waals surface area (Å²) in [6.07, 6.45) is -14.8. The molecule has 0 unspecified atom stereocenters. The van der Waals surface area contributed by atoms with Gasteiger partial charge >= 0.3 is 0 Å². The number of phenols is 3. The van der Waals surface area contributed by atoms with Crippen LogP contribution in [-0.4, -0.2) is 120 Å². The summed E-state index contributed by atoms with van der Waals surface area (Å²) >= 11 is 0. The Morgan fingerprint density at radius 3 is 2.19 bits per heavy atom. The van der Waals surface area contributed by atoms with Gasteiger partial charge in [0.05, 0.1) is 13.2 Å². The summed E-state index contributed by atoms with van der Waals surface area (Å²) in [7, 11) is 0. The average molecular weight is 596 g/mol. The average Bonchev–Trinajstić information content (AvgIpc) is 2.96. The lowest BCUT2D eigenvalue weighted by Crippen LogP contribution is -2.60. The van der Waals surface area contributed by atoms with Crippen LogP contribution in [0.25, 0.3) is 22.3 Å². The van der Waals surface area contributed by atoms with Gasteiger partial charge in [-0.15, -0.1) is 0 Å². The summed E-state index contributed by atoms with van der Waals surface area (Å²) in [4.78, 5) is 13.7. The molecule has 3 heterocycles. The molecule has 2 saturated heterocycles. The first kappa shape index (κ1) is 29.8. The maximum atomic E-state index is 13.7. The monoisotopic (exact) mass is 596 g/mol. The number of aromatic hydroxyl groups is 3. The number of hydrogen-bond donors (Lipinski definition) is 10. The van der Waals surface area contributed by atoms with Crippen molar-refractivity contribution in [2.45, 2.75) is 55.3 Å². The molecule has 2 aliphatic rings. The Hall–Kier alpha value is -3.71. The molecule has 0 saturated carbocycles. The molecule has 228 valence electrons. The van der Waals surface area contributed by atoms with Gasteiger partial charge in [0.2, 0.25) is 23.8 Å². The van der Waals surface area contributed by atoms with Crippen LogP contribution in [0.4, 0.5) is 0 Å². The van der Waals surface area contributed by atoms with E-state index in [1.165, 1.54) is 6.07 Å². The first-order valence-electron chi connectivity index (χ1n) is 12.6. The number of hydrogen-bond acceptors (Lipinski definition) is 16. The SMILES string of the molecule is O=c1c(O[C@@H]2O[C@H](CO)[C@@H](O)[C@H](O)[C@H]2O)c(-c2ccc(O)c(O)c2)oc2cc(O[C@@H]3OC[C@H](O)[C@H](O)[C@H]3O)cc(O)c12. The first-order valence-corrected chi connectivity index (χ1v) is 12.6. The summed E-state index contributed by atoms with van der Waals surface area (Å²) in [6, 6.07) is 5.42. The van der Waals surface area contributed by atoms with E-state index in [-0.39, 0.29) is 23.5 Å². The molecular weight excluding hydrogens is 568 g/mol. The quantitative estimate of drug-likeness (QED) is 0.133. The molecule has 2 aliphatic heterocycles. The van der Waals surface area contributed by atoms with Crippen molar-refractivity contribution in [2.24, 2.45) is 0 Å². The van der Waals surface area contributed by atoms with Crippen LogP contribution in [0, 0.1) is 0 Å². The number of aliphatic hydroxyl groups is 7. The minimum atomic E-state index is -1.92. The third-order valence-electron chi connectivity index (χ3n) is 6.93. The Bertz CT molecular complexity index is 1500. The zero-order valence-corrected chi connectivity index (χ0v) is 21.4. The van der Waals surface area contributed by atoms with Crippen LogP contribution in [0.15, 0.2) is 39.5 Å². The Labute approximate surface area is 235 Å². The molecule has 0 spiro atoms. The molecule has 0 bridgehead atoms. The van der Waals surface area contributed by atoms with E-state index in [2.05, 4.69) is 0 Å². The Morgan fingerprint density at radius 1 is 0.786 bits per heavy atom. The van der Waals surface area contributed by atoms with Crippen molar-refractivity contribution < 1.29 is 74.4 Å². The van der Waals surface area contributed by atoms with Gasteiger partial charge in [-0.1, -0.05) is 0 Å². The molecule has 1 aromatic heterocycles. The number of rotatable bonds is 6. The highest BCUT2D eigenvalue weighted by Gasteiger charge is 2.45. The molecule has 9 atom stereocenters. The summed E-state index contributed by atoms with van der Waals surface area (Å²) in [5.74, 6) is -3.13.